The van der Waals surface area contributed by atoms with E-state index in [9.17, 15) is 14.7 Å². The van der Waals surface area contributed by atoms with Gasteiger partial charge in [-0.3, -0.25) is 9.59 Å². The van der Waals surface area contributed by atoms with Crippen molar-refractivity contribution in [3.63, 3.8) is 0 Å². The SMILES string of the molecule is COc1cc(C(=O)Nc2cccc(-c3cccc(-c4ccc(CN[C@@H]5CCOC[C@@H]5O)c(OC)n4)c3Cl)c2Cl)c(=O)n(C)n1. The molecule has 0 bridgehead atoms. The zero-order valence-corrected chi connectivity index (χ0v) is 25.8. The smallest absolute Gasteiger partial charge is 0.279 e. The van der Waals surface area contributed by atoms with Crippen LogP contribution in [0, 0.1) is 0 Å². The summed E-state index contributed by atoms with van der Waals surface area (Å²) in [6, 6.07) is 15.6. The number of pyridine rings is 1. The summed E-state index contributed by atoms with van der Waals surface area (Å²) in [4.78, 5) is 30.3. The number of amides is 1. The van der Waals surface area contributed by atoms with Crippen LogP contribution < -0.4 is 25.7 Å². The molecule has 11 nitrogen and oxygen atoms in total. The van der Waals surface area contributed by atoms with E-state index in [4.69, 9.17) is 42.4 Å². The van der Waals surface area contributed by atoms with Gasteiger partial charge in [0.15, 0.2) is 0 Å². The van der Waals surface area contributed by atoms with Crippen molar-refractivity contribution in [2.45, 2.75) is 25.1 Å². The van der Waals surface area contributed by atoms with Gasteiger partial charge in [-0.15, -0.1) is 5.10 Å². The van der Waals surface area contributed by atoms with Gasteiger partial charge in [0.25, 0.3) is 11.5 Å². The summed E-state index contributed by atoms with van der Waals surface area (Å²) >= 11 is 13.7. The number of anilines is 1. The number of rotatable bonds is 9. The molecule has 1 fully saturated rings. The number of ether oxygens (including phenoxy) is 3. The molecule has 2 aromatic heterocycles. The molecule has 3 N–H and O–H groups in total. The Bertz CT molecular complexity index is 1750. The number of hydrogen-bond acceptors (Lipinski definition) is 9. The van der Waals surface area contributed by atoms with E-state index in [0.717, 1.165) is 10.2 Å². The number of carbonyl (C=O) groups excluding carboxylic acids is 1. The van der Waals surface area contributed by atoms with Crippen molar-refractivity contribution in [1.82, 2.24) is 20.1 Å². The lowest BCUT2D eigenvalue weighted by Crippen LogP contribution is -2.46. The maximum absolute atomic E-state index is 13.1. The number of nitrogens with zero attached hydrogens (tertiary/aromatic N) is 3. The molecular formula is C31H31Cl2N5O6. The third-order valence-corrected chi connectivity index (χ3v) is 8.13. The van der Waals surface area contributed by atoms with E-state index in [2.05, 4.69) is 15.7 Å². The molecule has 0 saturated carbocycles. The largest absolute Gasteiger partial charge is 0.481 e. The summed E-state index contributed by atoms with van der Waals surface area (Å²) in [6.45, 7) is 1.36. The normalized spacial score (nSPS) is 16.4. The molecule has 0 aliphatic carbocycles. The highest BCUT2D eigenvalue weighted by Gasteiger charge is 2.24. The quantitative estimate of drug-likeness (QED) is 0.244. The zero-order valence-electron chi connectivity index (χ0n) is 24.3. The lowest BCUT2D eigenvalue weighted by Gasteiger charge is -2.28. The van der Waals surface area contributed by atoms with Crippen LogP contribution in [0.25, 0.3) is 22.4 Å². The van der Waals surface area contributed by atoms with E-state index >= 15 is 0 Å². The number of benzene rings is 2. The van der Waals surface area contributed by atoms with Crippen LogP contribution in [0.4, 0.5) is 5.69 Å². The van der Waals surface area contributed by atoms with E-state index in [1.807, 2.05) is 30.3 Å². The molecule has 1 aliphatic rings. The van der Waals surface area contributed by atoms with Crippen molar-refractivity contribution in [1.29, 1.82) is 0 Å². The van der Waals surface area contributed by atoms with Gasteiger partial charge in [0.1, 0.15) is 5.56 Å². The summed E-state index contributed by atoms with van der Waals surface area (Å²) in [5.41, 5.74) is 2.81. The van der Waals surface area contributed by atoms with Crippen LogP contribution in [0.1, 0.15) is 22.3 Å². The Labute approximate surface area is 263 Å². The van der Waals surface area contributed by atoms with Gasteiger partial charge in [-0.25, -0.2) is 9.67 Å². The Morgan fingerprint density at radius 3 is 2.52 bits per heavy atom. The zero-order chi connectivity index (χ0) is 31.4. The minimum absolute atomic E-state index is 0.0811. The first kappa shape index (κ1) is 31.4. The molecule has 0 unspecified atom stereocenters. The number of carbonyl (C=O) groups is 1. The molecule has 5 rings (SSSR count). The number of aliphatic hydroxyl groups excluding tert-OH is 1. The molecule has 0 radical (unpaired) electrons. The molecule has 2 aromatic carbocycles. The molecule has 1 aliphatic heterocycles. The molecule has 2 atom stereocenters. The molecule has 13 heteroatoms. The average molecular weight is 641 g/mol. The second-order valence-corrected chi connectivity index (χ2v) is 10.9. The molecule has 44 heavy (non-hydrogen) atoms. The molecule has 1 saturated heterocycles. The van der Waals surface area contributed by atoms with Gasteiger partial charge in [-0.05, 0) is 18.6 Å². The minimum Gasteiger partial charge on any atom is -0.481 e. The third-order valence-electron chi connectivity index (χ3n) is 7.32. The van der Waals surface area contributed by atoms with E-state index in [0.29, 0.717) is 65.2 Å². The number of aromatic nitrogens is 3. The van der Waals surface area contributed by atoms with Gasteiger partial charge >= 0.3 is 0 Å². The predicted molar refractivity (Wildman–Crippen MR) is 168 cm³/mol. The Morgan fingerprint density at radius 1 is 1.07 bits per heavy atom. The highest BCUT2D eigenvalue weighted by Crippen LogP contribution is 2.41. The fourth-order valence-corrected chi connectivity index (χ4v) is 5.54. The summed E-state index contributed by atoms with van der Waals surface area (Å²) in [5, 5.41) is 20.8. The first-order valence-corrected chi connectivity index (χ1v) is 14.5. The lowest BCUT2D eigenvalue weighted by molar-refractivity contribution is -0.0281. The molecule has 230 valence electrons. The van der Waals surface area contributed by atoms with Gasteiger partial charge in [0.05, 0.1) is 48.4 Å². The summed E-state index contributed by atoms with van der Waals surface area (Å²) in [7, 11) is 4.37. The number of aliphatic hydroxyl groups is 1. The number of methoxy groups -OCH3 is 2. The number of aryl methyl sites for hydroxylation is 1. The molecule has 0 spiro atoms. The Morgan fingerprint density at radius 2 is 1.80 bits per heavy atom. The Kier molecular flexibility index (Phi) is 9.82. The van der Waals surface area contributed by atoms with E-state index in [1.54, 1.807) is 25.3 Å². The summed E-state index contributed by atoms with van der Waals surface area (Å²) < 4.78 is 17.0. The molecule has 4 aromatic rings. The lowest BCUT2D eigenvalue weighted by atomic mass is 10.00. The van der Waals surface area contributed by atoms with Crippen molar-refractivity contribution in [2.24, 2.45) is 7.05 Å². The molecule has 1 amide bonds. The van der Waals surface area contributed by atoms with E-state index in [1.165, 1.54) is 20.2 Å². The fourth-order valence-electron chi connectivity index (χ4n) is 4.94. The summed E-state index contributed by atoms with van der Waals surface area (Å²) in [5.74, 6) is -0.115. The fraction of sp³-hybridized carbons (Fsp3) is 0.290. The Hall–Kier alpha value is -4.00. The van der Waals surface area contributed by atoms with Crippen LogP contribution in [-0.4, -0.2) is 65.4 Å². The standard InChI is InChI=1S/C31H31Cl2N5O6/c1-38-31(41)21(14-26(37-38)42-2)29(40)35-24-9-5-7-19(28(24)33)18-6-4-8-20(27(18)32)22-11-10-17(30(36-22)43-3)15-34-23-12-13-44-16-25(23)39/h4-11,14,23,25,34,39H,12-13,15-16H2,1-3H3,(H,35,40)/t23-,25+/m1/s1. The van der Waals surface area contributed by atoms with Gasteiger partial charge in [0, 0.05) is 54.6 Å². The number of hydrogen-bond donors (Lipinski definition) is 3. The average Bonchev–Trinajstić information content (AvgIpc) is 3.03. The van der Waals surface area contributed by atoms with Crippen molar-refractivity contribution in [3.8, 4) is 34.1 Å². The predicted octanol–water partition coefficient (Wildman–Crippen LogP) is 4.33. The highest BCUT2D eigenvalue weighted by molar-refractivity contribution is 6.39. The maximum Gasteiger partial charge on any atom is 0.279 e. The van der Waals surface area contributed by atoms with Crippen molar-refractivity contribution < 1.29 is 24.1 Å². The van der Waals surface area contributed by atoms with Crippen LogP contribution in [0.2, 0.25) is 10.0 Å². The van der Waals surface area contributed by atoms with Gasteiger partial charge in [-0.1, -0.05) is 59.6 Å². The van der Waals surface area contributed by atoms with Gasteiger partial charge in [-0.2, -0.15) is 0 Å². The first-order valence-electron chi connectivity index (χ1n) is 13.8. The summed E-state index contributed by atoms with van der Waals surface area (Å²) in [6.07, 6.45) is 0.135. The molecular weight excluding hydrogens is 609 g/mol. The number of nitrogens with one attached hydrogen (secondary N) is 2. The topological polar surface area (TPSA) is 137 Å². The van der Waals surface area contributed by atoms with Gasteiger partial charge < -0.3 is 30.0 Å². The molecule has 3 heterocycles. The second-order valence-electron chi connectivity index (χ2n) is 10.1. The van der Waals surface area contributed by atoms with Crippen LogP contribution >= 0.6 is 23.2 Å². The van der Waals surface area contributed by atoms with Crippen molar-refractivity contribution in [3.05, 3.63) is 86.1 Å². The number of halogens is 2. The first-order chi connectivity index (χ1) is 21.2. The van der Waals surface area contributed by atoms with Crippen molar-refractivity contribution >= 4 is 34.8 Å². The monoisotopic (exact) mass is 639 g/mol. The van der Waals surface area contributed by atoms with Gasteiger partial charge in [0.2, 0.25) is 11.8 Å². The van der Waals surface area contributed by atoms with Crippen LogP contribution in [0.5, 0.6) is 11.8 Å². The van der Waals surface area contributed by atoms with Crippen LogP contribution in [0.3, 0.4) is 0 Å². The minimum atomic E-state index is -0.664. The maximum atomic E-state index is 13.1. The van der Waals surface area contributed by atoms with Crippen LogP contribution in [-0.2, 0) is 18.3 Å². The second kappa shape index (κ2) is 13.7. The Balaban J connectivity index is 1.41. The van der Waals surface area contributed by atoms with Crippen LogP contribution in [0.15, 0.2) is 59.4 Å². The van der Waals surface area contributed by atoms with Crippen molar-refractivity contribution in [2.75, 3.05) is 32.8 Å². The third kappa shape index (κ3) is 6.57. The van der Waals surface area contributed by atoms with E-state index in [-0.39, 0.29) is 22.5 Å². The van der Waals surface area contributed by atoms with E-state index < -0.39 is 17.6 Å². The highest BCUT2D eigenvalue weighted by atomic mass is 35.5.